The van der Waals surface area contributed by atoms with Crippen molar-refractivity contribution < 1.29 is 17.7 Å². The number of hydrogen-bond acceptors (Lipinski definition) is 4. The number of hydrogen-bond donors (Lipinski definition) is 1. The molecule has 0 unspecified atom stereocenters. The van der Waals surface area contributed by atoms with Crippen LogP contribution in [0.4, 0.5) is 0 Å². The lowest BCUT2D eigenvalue weighted by molar-refractivity contribution is 0.173. The second kappa shape index (κ2) is 4.48. The molecule has 1 heterocycles. The molecular weight excluding hydrogens is 194 g/mol. The van der Waals surface area contributed by atoms with Gasteiger partial charge in [0, 0.05) is 12.7 Å². The van der Waals surface area contributed by atoms with Gasteiger partial charge >= 0.3 is 0 Å². The van der Waals surface area contributed by atoms with E-state index in [1.54, 1.807) is 12.5 Å². The van der Waals surface area contributed by atoms with E-state index in [1.807, 2.05) is 4.90 Å². The molecule has 1 aliphatic rings. The quantitative estimate of drug-likeness (QED) is 0.661. The Kier molecular flexibility index (Phi) is 3.56. The minimum absolute atomic E-state index is 0.182. The van der Waals surface area contributed by atoms with Gasteiger partial charge < -0.3 is 9.64 Å². The zero-order chi connectivity index (χ0) is 9.73. The first-order valence-electron chi connectivity index (χ1n) is 4.05. The van der Waals surface area contributed by atoms with Gasteiger partial charge in [-0.05, 0) is 6.42 Å². The molecule has 0 aromatic rings. The number of nitrogens with zero attached hydrogens (tertiary/aromatic N) is 1. The molecule has 0 atom stereocenters. The highest BCUT2D eigenvalue weighted by Gasteiger charge is 2.07. The van der Waals surface area contributed by atoms with E-state index in [1.165, 1.54) is 0 Å². The van der Waals surface area contributed by atoms with E-state index in [0.29, 0.717) is 19.6 Å². The van der Waals surface area contributed by atoms with Crippen molar-refractivity contribution >= 4 is 10.1 Å². The van der Waals surface area contributed by atoms with Crippen LogP contribution >= 0.6 is 0 Å². The molecule has 0 fully saturated rings. The summed E-state index contributed by atoms with van der Waals surface area (Å²) in [6.07, 6.45) is 3.79. The molecule has 0 saturated heterocycles. The van der Waals surface area contributed by atoms with Crippen LogP contribution in [0.15, 0.2) is 12.5 Å². The maximum Gasteiger partial charge on any atom is 0.264 e. The van der Waals surface area contributed by atoms with Gasteiger partial charge in [-0.2, -0.15) is 8.42 Å². The zero-order valence-electron chi connectivity index (χ0n) is 7.22. The molecule has 0 aromatic carbocycles. The predicted molar refractivity (Wildman–Crippen MR) is 47.7 cm³/mol. The van der Waals surface area contributed by atoms with Crippen LogP contribution in [-0.4, -0.2) is 43.3 Å². The van der Waals surface area contributed by atoms with Gasteiger partial charge in [-0.25, -0.2) is 0 Å². The molecule has 1 N–H and O–H groups in total. The molecule has 0 saturated carbocycles. The van der Waals surface area contributed by atoms with Crippen LogP contribution in [0, 0.1) is 0 Å². The van der Waals surface area contributed by atoms with Crippen molar-refractivity contribution in [2.24, 2.45) is 0 Å². The first-order valence-corrected chi connectivity index (χ1v) is 5.66. The summed E-state index contributed by atoms with van der Waals surface area (Å²) in [5.74, 6) is -0.182. The average Bonchev–Trinajstić information content (AvgIpc) is 2.04. The normalized spacial score (nSPS) is 17.2. The van der Waals surface area contributed by atoms with Crippen molar-refractivity contribution in [3.8, 4) is 0 Å². The lowest BCUT2D eigenvalue weighted by Gasteiger charge is -2.22. The molecule has 5 nitrogen and oxygen atoms in total. The fourth-order valence-corrected chi connectivity index (χ4v) is 1.57. The molecule has 13 heavy (non-hydrogen) atoms. The van der Waals surface area contributed by atoms with Gasteiger partial charge in [0.05, 0.1) is 18.6 Å². The maximum atomic E-state index is 10.4. The molecule has 76 valence electrons. The Morgan fingerprint density at radius 2 is 2.31 bits per heavy atom. The summed E-state index contributed by atoms with van der Waals surface area (Å²) in [4.78, 5) is 1.95. The Balaban J connectivity index is 2.19. The fourth-order valence-electron chi connectivity index (χ4n) is 1.08. The van der Waals surface area contributed by atoms with Crippen LogP contribution in [0.1, 0.15) is 6.42 Å². The summed E-state index contributed by atoms with van der Waals surface area (Å²) in [5, 5.41) is 0. The average molecular weight is 207 g/mol. The zero-order valence-corrected chi connectivity index (χ0v) is 8.03. The number of ether oxygens (including phenoxy) is 1. The SMILES string of the molecule is O=S(=O)(O)CCCN1C=COCC1. The standard InChI is InChI=1S/C7H13NO4S/c9-13(10,11)7-1-2-8-3-5-12-6-4-8/h3,5H,1-2,4,6-7H2,(H,9,10,11). The molecule has 1 rings (SSSR count). The fraction of sp³-hybridized carbons (Fsp3) is 0.714. The largest absolute Gasteiger partial charge is 0.498 e. The highest BCUT2D eigenvalue weighted by molar-refractivity contribution is 7.85. The maximum absolute atomic E-state index is 10.4. The Hall–Kier alpha value is -0.750. The van der Waals surface area contributed by atoms with Gasteiger partial charge in [0.25, 0.3) is 10.1 Å². The Morgan fingerprint density at radius 3 is 2.85 bits per heavy atom. The highest BCUT2D eigenvalue weighted by Crippen LogP contribution is 2.00. The Morgan fingerprint density at radius 1 is 1.54 bits per heavy atom. The lowest BCUT2D eigenvalue weighted by Crippen LogP contribution is -2.27. The minimum atomic E-state index is -3.81. The van der Waals surface area contributed by atoms with Crippen LogP contribution in [0.2, 0.25) is 0 Å². The number of rotatable bonds is 4. The third-order valence-corrected chi connectivity index (χ3v) is 2.52. The van der Waals surface area contributed by atoms with Gasteiger partial charge in [-0.15, -0.1) is 0 Å². The van der Waals surface area contributed by atoms with Crippen molar-refractivity contribution in [3.63, 3.8) is 0 Å². The highest BCUT2D eigenvalue weighted by atomic mass is 32.2. The molecule has 0 spiro atoms. The van der Waals surface area contributed by atoms with Gasteiger partial charge in [0.1, 0.15) is 6.61 Å². The first-order chi connectivity index (χ1) is 6.08. The molecule has 0 aromatic heterocycles. The van der Waals surface area contributed by atoms with Crippen molar-refractivity contribution in [1.29, 1.82) is 0 Å². The van der Waals surface area contributed by atoms with Crippen LogP contribution in [0.5, 0.6) is 0 Å². The van der Waals surface area contributed by atoms with Gasteiger partial charge in [-0.1, -0.05) is 0 Å². The third kappa shape index (κ3) is 4.74. The molecule has 1 aliphatic heterocycles. The van der Waals surface area contributed by atoms with E-state index in [-0.39, 0.29) is 5.75 Å². The summed E-state index contributed by atoms with van der Waals surface area (Å²) < 4.78 is 34.1. The summed E-state index contributed by atoms with van der Waals surface area (Å²) in [6.45, 7) is 2.02. The first kappa shape index (κ1) is 10.3. The lowest BCUT2D eigenvalue weighted by atomic mass is 10.4. The van der Waals surface area contributed by atoms with Crippen molar-refractivity contribution in [3.05, 3.63) is 12.5 Å². The monoisotopic (exact) mass is 207 g/mol. The van der Waals surface area contributed by atoms with E-state index < -0.39 is 10.1 Å². The Bertz CT molecular complexity index is 272. The predicted octanol–water partition coefficient (Wildman–Crippen LogP) is 0.0677. The molecular formula is C7H13NO4S. The Labute approximate surface area is 77.7 Å². The van der Waals surface area contributed by atoms with Gasteiger partial charge in [0.2, 0.25) is 0 Å². The van der Waals surface area contributed by atoms with E-state index in [2.05, 4.69) is 0 Å². The molecule has 0 aliphatic carbocycles. The van der Waals surface area contributed by atoms with Crippen LogP contribution in [0.3, 0.4) is 0 Å². The second-order valence-corrected chi connectivity index (χ2v) is 4.40. The van der Waals surface area contributed by atoms with E-state index in [9.17, 15) is 8.42 Å². The van der Waals surface area contributed by atoms with Crippen LogP contribution < -0.4 is 0 Å². The molecule has 0 radical (unpaired) electrons. The summed E-state index contributed by atoms with van der Waals surface area (Å²) in [7, 11) is -3.81. The second-order valence-electron chi connectivity index (χ2n) is 2.83. The summed E-state index contributed by atoms with van der Waals surface area (Å²) in [5.41, 5.74) is 0. The molecule has 0 bridgehead atoms. The smallest absolute Gasteiger partial charge is 0.264 e. The third-order valence-electron chi connectivity index (χ3n) is 1.71. The van der Waals surface area contributed by atoms with E-state index >= 15 is 0 Å². The van der Waals surface area contributed by atoms with Gasteiger partial charge in [0.15, 0.2) is 0 Å². The van der Waals surface area contributed by atoms with E-state index in [4.69, 9.17) is 9.29 Å². The van der Waals surface area contributed by atoms with E-state index in [0.717, 1.165) is 6.54 Å². The van der Waals surface area contributed by atoms with Crippen molar-refractivity contribution in [2.45, 2.75) is 6.42 Å². The summed E-state index contributed by atoms with van der Waals surface area (Å²) in [6, 6.07) is 0. The minimum Gasteiger partial charge on any atom is -0.498 e. The topological polar surface area (TPSA) is 66.8 Å². The van der Waals surface area contributed by atoms with Crippen molar-refractivity contribution in [2.75, 3.05) is 25.4 Å². The van der Waals surface area contributed by atoms with Crippen molar-refractivity contribution in [1.82, 2.24) is 4.90 Å². The summed E-state index contributed by atoms with van der Waals surface area (Å²) >= 11 is 0. The molecule has 6 heteroatoms. The van der Waals surface area contributed by atoms with Gasteiger partial charge in [-0.3, -0.25) is 4.55 Å². The van der Waals surface area contributed by atoms with Crippen LogP contribution in [-0.2, 0) is 14.9 Å². The van der Waals surface area contributed by atoms with Crippen LogP contribution in [0.25, 0.3) is 0 Å². The molecule has 0 amide bonds.